The summed E-state index contributed by atoms with van der Waals surface area (Å²) < 4.78 is 57.7. The molecule has 7 aliphatic heterocycles. The zero-order valence-electron chi connectivity index (χ0n) is 53.5. The number of aliphatic hydroxyl groups excluding tert-OH is 2. The van der Waals surface area contributed by atoms with Gasteiger partial charge in [0.2, 0.25) is 11.8 Å². The number of aryl methyl sites for hydroxylation is 1. The Kier molecular flexibility index (Phi) is 26.3. The van der Waals surface area contributed by atoms with Crippen LogP contribution in [-0.4, -0.2) is 154 Å². The lowest BCUT2D eigenvalue weighted by Gasteiger charge is -2.57. The topological polar surface area (TPSA) is 197 Å². The second-order valence-corrected chi connectivity index (χ2v) is 41.8. The van der Waals surface area contributed by atoms with Crippen LogP contribution in [-0.2, 0) is 148 Å². The number of rotatable bonds is 8. The fourth-order valence-corrected chi connectivity index (χ4v) is 36.2. The second-order valence-electron chi connectivity index (χ2n) is 22.8. The van der Waals surface area contributed by atoms with Crippen molar-refractivity contribution in [2.75, 3.05) is 70.0 Å². The van der Waals surface area contributed by atoms with E-state index >= 15 is 0 Å². The van der Waals surface area contributed by atoms with E-state index in [0.717, 1.165) is 95.1 Å². The molecule has 7 heterocycles. The van der Waals surface area contributed by atoms with E-state index in [2.05, 4.69) is 51.2 Å². The highest BCUT2D eigenvalue weighted by Crippen LogP contribution is 2.57. The summed E-state index contributed by atoms with van der Waals surface area (Å²) in [6.45, 7) is 11.6. The standard InChI is InChI=1S/C27H32Cl2N2O5.C27H34N2O5.C7H4ClNO3S.CH4.S11/c1-11-12(2)25(35-6)19-14(21(11)28)8-16-23-20-15(24(34-5)13(3)26(36-7)22(20)29)9-17(30(23)4)27(33)31(16)18(19)10-32;1-13-8-16-9-19-24-17-11-22(32-5)15(3)25(33-6)18(17)10-20(28(24)4)27(31)29(19)21(12-30)23(16)26(34-7)14(13)2;8-9-7(10)5-3-1-2-4-6(5)13(9,11)12;;1-3-5-7-9-11-10-8-6-4-2/h16-18,23,32H,8-10H2,1-7H3;8,11,19-21,24,30H,9-10,12H2,1-7H3;1-4H;1H4;/t16-,17-,18-,23-;19-,20-,21-,24+;;;/m00.../s1. The van der Waals surface area contributed by atoms with Gasteiger partial charge in [-0.15, -0.1) is 3.82 Å². The highest BCUT2D eigenvalue weighted by molar-refractivity contribution is 8.74. The molecule has 12 rings (SSSR count). The number of fused-ring (bicyclic) bond motifs is 15. The van der Waals surface area contributed by atoms with Gasteiger partial charge in [-0.3, -0.25) is 24.2 Å². The minimum absolute atomic E-state index is 0. The van der Waals surface area contributed by atoms with Crippen molar-refractivity contribution in [1.29, 1.82) is 0 Å². The Morgan fingerprint density at radius 2 is 1.05 bits per heavy atom. The van der Waals surface area contributed by atoms with Crippen molar-refractivity contribution < 1.29 is 61.4 Å². The number of carbonyl (C=O) groups excluding carboxylic acids is 3. The van der Waals surface area contributed by atoms with Crippen LogP contribution in [0.5, 0.6) is 34.5 Å². The quantitative estimate of drug-likeness (QED) is 0.140. The number of sulfonamides is 1. The van der Waals surface area contributed by atoms with Crippen LogP contribution >= 0.6 is 35.0 Å². The summed E-state index contributed by atoms with van der Waals surface area (Å²) in [5, 5.41) is 22.5. The van der Waals surface area contributed by atoms with Gasteiger partial charge in [0.05, 0.1) is 115 Å². The molecule has 0 unspecified atom stereocenters. The normalized spacial score (nSPS) is 21.8. The molecule has 4 bridgehead atoms. The van der Waals surface area contributed by atoms with Gasteiger partial charge in [0, 0.05) is 171 Å². The lowest BCUT2D eigenvalue weighted by atomic mass is 9.73. The van der Waals surface area contributed by atoms with Gasteiger partial charge in [-0.1, -0.05) is 48.8 Å². The van der Waals surface area contributed by atoms with Crippen LogP contribution in [0, 0.1) is 41.5 Å². The summed E-state index contributed by atoms with van der Waals surface area (Å²) >= 11 is 28.6. The molecule has 0 aliphatic carbocycles. The molecular formula is C62H74Cl3N5O13S12. The molecule has 0 saturated carbocycles. The first-order valence-corrected chi connectivity index (χ1v) is 44.8. The minimum atomic E-state index is -3.78. The molecule has 5 aromatic carbocycles. The molecule has 0 spiro atoms. The highest BCUT2D eigenvalue weighted by Gasteiger charge is 2.57. The van der Waals surface area contributed by atoms with Gasteiger partial charge < -0.3 is 48.4 Å². The number of hydrogen-bond acceptors (Lipinski definition) is 17. The summed E-state index contributed by atoms with van der Waals surface area (Å²) in [6.07, 6.45) is 2.21. The lowest BCUT2D eigenvalue weighted by Crippen LogP contribution is -2.67. The van der Waals surface area contributed by atoms with Gasteiger partial charge in [-0.25, -0.2) is 0 Å². The van der Waals surface area contributed by atoms with Crippen LogP contribution in [0.1, 0.15) is 120 Å². The maximum absolute atomic E-state index is 14.1. The summed E-state index contributed by atoms with van der Waals surface area (Å²) in [5.74, 6) is 3.66. The number of halogens is 3. The molecule has 2 saturated heterocycles. The number of amides is 3. The summed E-state index contributed by atoms with van der Waals surface area (Å²) in [7, 11) is 24.6. The fraction of sp³-hybridized carbons (Fsp3) is 0.468. The van der Waals surface area contributed by atoms with E-state index in [-0.39, 0.29) is 76.9 Å². The molecule has 7 aliphatic rings. The summed E-state index contributed by atoms with van der Waals surface area (Å²) in [5.41, 5.74) is 13.8. The Morgan fingerprint density at radius 1 is 0.558 bits per heavy atom. The number of aliphatic hydroxyl groups is 2. The predicted octanol–water partition coefficient (Wildman–Crippen LogP) is 8.97. The van der Waals surface area contributed by atoms with Crippen molar-refractivity contribution in [3.63, 3.8) is 0 Å². The van der Waals surface area contributed by atoms with Crippen LogP contribution < -0.4 is 28.4 Å². The Labute approximate surface area is 606 Å². The zero-order valence-corrected chi connectivity index (χ0v) is 65.5. The molecule has 5 aromatic rings. The maximum Gasteiger partial charge on any atom is 0.284 e. The van der Waals surface area contributed by atoms with Crippen LogP contribution in [0.15, 0.2) is 41.3 Å². The molecule has 518 valence electrons. The van der Waals surface area contributed by atoms with E-state index in [1.807, 2.05) is 58.5 Å². The minimum Gasteiger partial charge on any atom is -0.496 e. The third-order valence-corrected chi connectivity index (χ3v) is 39.7. The fourth-order valence-electron chi connectivity index (χ4n) is 14.7. The number of hydrogen-bond donors (Lipinski definition) is 2. The average molecular weight is 1590 g/mol. The van der Waals surface area contributed by atoms with E-state index in [0.29, 0.717) is 53.0 Å². The van der Waals surface area contributed by atoms with E-state index in [1.165, 1.54) is 29.9 Å². The molecule has 0 radical (unpaired) electrons. The van der Waals surface area contributed by atoms with Gasteiger partial charge in [0.1, 0.15) is 39.4 Å². The van der Waals surface area contributed by atoms with E-state index in [4.69, 9.17) is 63.4 Å². The van der Waals surface area contributed by atoms with Crippen LogP contribution in [0.2, 0.25) is 10.0 Å². The number of likely N-dealkylation sites (N-methyl/N-ethyl adjacent to an activating group) is 2. The van der Waals surface area contributed by atoms with Gasteiger partial charge in [0.15, 0.2) is 0 Å². The van der Waals surface area contributed by atoms with Crippen molar-refractivity contribution in [3.8, 4) is 34.5 Å². The van der Waals surface area contributed by atoms with Crippen LogP contribution in [0.4, 0.5) is 0 Å². The van der Waals surface area contributed by atoms with Gasteiger partial charge in [-0.2, -0.15) is 8.42 Å². The molecule has 95 heavy (non-hydrogen) atoms. The number of methoxy groups -OCH3 is 6. The molecule has 3 amide bonds. The average Bonchev–Trinajstić information content (AvgIpc) is 1.41. The van der Waals surface area contributed by atoms with Gasteiger partial charge in [-0.05, 0) is 126 Å². The number of carbonyl (C=O) groups is 3. The Morgan fingerprint density at radius 3 is 1.58 bits per heavy atom. The highest BCUT2D eigenvalue weighted by atomic mass is 35.5. The molecule has 2 fully saturated rings. The second kappa shape index (κ2) is 32.4. The van der Waals surface area contributed by atoms with Crippen molar-refractivity contribution in [1.82, 2.24) is 23.4 Å². The van der Waals surface area contributed by atoms with Gasteiger partial charge in [0.25, 0.3) is 15.9 Å². The number of ether oxygens (including phenoxy) is 6. The van der Waals surface area contributed by atoms with E-state index in [1.54, 1.807) is 117 Å². The third kappa shape index (κ3) is 13.7. The first-order chi connectivity index (χ1) is 44.9. The molecule has 33 heteroatoms. The molecule has 2 N–H and O–H groups in total. The van der Waals surface area contributed by atoms with E-state index < -0.39 is 34.1 Å². The largest absolute Gasteiger partial charge is 0.496 e. The first kappa shape index (κ1) is 77.1. The molecular weight excluding hydrogens is 1510 g/mol. The Hall–Kier alpha value is -3.61. The number of nitrogens with zero attached hydrogens (tertiary/aromatic N) is 5. The van der Waals surface area contributed by atoms with E-state index in [9.17, 15) is 33.0 Å². The predicted molar refractivity (Wildman–Crippen MR) is 401 cm³/mol. The Bertz CT molecular complexity index is 4460. The lowest BCUT2D eigenvalue weighted by molar-refractivity contribution is -0.158. The van der Waals surface area contributed by atoms with Crippen molar-refractivity contribution in [2.24, 2.45) is 0 Å². The zero-order chi connectivity index (χ0) is 68.7. The summed E-state index contributed by atoms with van der Waals surface area (Å²) in [4.78, 5) is 47.4. The smallest absolute Gasteiger partial charge is 0.284 e. The van der Waals surface area contributed by atoms with Crippen LogP contribution in [0.3, 0.4) is 0 Å². The first-order valence-electron chi connectivity index (χ1n) is 29.0. The molecule has 18 nitrogen and oxygen atoms in total. The maximum atomic E-state index is 14.1. The Balaban J connectivity index is 0.000000180. The van der Waals surface area contributed by atoms with Crippen LogP contribution in [0.25, 0.3) is 0 Å². The van der Waals surface area contributed by atoms with Gasteiger partial charge >= 0.3 is 0 Å². The molecule has 8 atom stereocenters. The van der Waals surface area contributed by atoms with Crippen molar-refractivity contribution in [3.05, 3.63) is 130 Å². The number of piperazine rings is 2. The summed E-state index contributed by atoms with van der Waals surface area (Å²) in [6, 6.07) is 7.77. The number of benzene rings is 5. The monoisotopic (exact) mass is 1590 g/mol. The SMILES string of the molecule is C.COc1c(C)c(OC)c2c(c1Cl)[C@@H]1[C@@H]3Cc4c(Cl)c(C)c(C)c(OC)c4[C@H](CO)N3C(=O)[C@H](C2)N1C.COc1cc2c(c(OC)c1C)C[C@H]1C(=O)N3[C@@H](CO)c4c(cc(C)c(C)c4OC)C[C@H]3[C@@H]2N1C.O=C1c2ccccc2S(=O)(=O)N1Cl.S=S=S=S=S=S=S=S=S=S=S. The molecule has 0 aromatic heterocycles. The third-order valence-electron chi connectivity index (χ3n) is 18.9. The van der Waals surface area contributed by atoms with Crippen molar-refractivity contribution in [2.45, 2.75) is 128 Å². The van der Waals surface area contributed by atoms with Crippen molar-refractivity contribution >= 4 is 165 Å².